The fraction of sp³-hybridized carbons (Fsp3) is 0.571. The molecule has 0 radical (unpaired) electrons. The Bertz CT molecular complexity index is 378. The van der Waals surface area contributed by atoms with E-state index >= 15 is 0 Å². The molecule has 0 spiro atoms. The molecule has 1 aliphatic rings. The topological polar surface area (TPSA) is 30.5 Å². The number of benzene rings is 1. The lowest BCUT2D eigenvalue weighted by Gasteiger charge is -2.12. The van der Waals surface area contributed by atoms with Crippen molar-refractivity contribution in [2.45, 2.75) is 18.9 Å². The van der Waals surface area contributed by atoms with Crippen molar-refractivity contribution in [1.29, 1.82) is 0 Å². The van der Waals surface area contributed by atoms with Gasteiger partial charge >= 0.3 is 0 Å². The van der Waals surface area contributed by atoms with Crippen LogP contribution in [-0.2, 0) is 6.42 Å². The third-order valence-corrected chi connectivity index (χ3v) is 4.39. The fourth-order valence-electron chi connectivity index (χ4n) is 2.15. The van der Waals surface area contributed by atoms with Crippen LogP contribution in [0.5, 0.6) is 11.5 Å². The number of hydrogen-bond acceptors (Lipinski definition) is 4. The summed E-state index contributed by atoms with van der Waals surface area (Å²) in [5.41, 5.74) is 1.28. The number of rotatable bonds is 6. The standard InChI is InChI=1S/C14H21NO2S/c1-16-13-4-3-11(9-14(13)17-2)5-7-15-12-6-8-18-10-12/h3-4,9,12,15H,5-8,10H2,1-2H3/t12-/m1/s1. The zero-order valence-electron chi connectivity index (χ0n) is 11.1. The molecule has 1 atom stereocenters. The second-order valence-corrected chi connectivity index (χ2v) is 5.60. The Balaban J connectivity index is 1.84. The lowest BCUT2D eigenvalue weighted by Crippen LogP contribution is -2.30. The first-order valence-corrected chi connectivity index (χ1v) is 7.51. The zero-order valence-corrected chi connectivity index (χ0v) is 11.9. The van der Waals surface area contributed by atoms with Crippen LogP contribution < -0.4 is 14.8 Å². The largest absolute Gasteiger partial charge is 0.493 e. The van der Waals surface area contributed by atoms with Crippen LogP contribution in [0.3, 0.4) is 0 Å². The minimum atomic E-state index is 0.704. The minimum absolute atomic E-state index is 0.704. The van der Waals surface area contributed by atoms with Gasteiger partial charge in [-0.1, -0.05) is 6.07 Å². The van der Waals surface area contributed by atoms with E-state index in [0.717, 1.165) is 24.5 Å². The van der Waals surface area contributed by atoms with Crippen molar-refractivity contribution in [2.24, 2.45) is 0 Å². The predicted octanol–water partition coefficient (Wildman–Crippen LogP) is 2.34. The van der Waals surface area contributed by atoms with Crippen molar-refractivity contribution < 1.29 is 9.47 Å². The molecule has 2 rings (SSSR count). The number of ether oxygens (including phenoxy) is 2. The molecule has 0 amide bonds. The van der Waals surface area contributed by atoms with Gasteiger partial charge in [0.1, 0.15) is 0 Å². The first-order chi connectivity index (χ1) is 8.83. The Morgan fingerprint density at radius 1 is 1.28 bits per heavy atom. The zero-order chi connectivity index (χ0) is 12.8. The van der Waals surface area contributed by atoms with Gasteiger partial charge < -0.3 is 14.8 Å². The van der Waals surface area contributed by atoms with Gasteiger partial charge in [-0.25, -0.2) is 0 Å². The maximum Gasteiger partial charge on any atom is 0.160 e. The average Bonchev–Trinajstić information content (AvgIpc) is 2.91. The van der Waals surface area contributed by atoms with Gasteiger partial charge in [-0.3, -0.25) is 0 Å². The first-order valence-electron chi connectivity index (χ1n) is 6.35. The Morgan fingerprint density at radius 3 is 2.78 bits per heavy atom. The quantitative estimate of drug-likeness (QED) is 0.857. The molecule has 4 heteroatoms. The van der Waals surface area contributed by atoms with Gasteiger partial charge in [-0.15, -0.1) is 0 Å². The number of methoxy groups -OCH3 is 2. The van der Waals surface area contributed by atoms with Crippen molar-refractivity contribution in [3.05, 3.63) is 23.8 Å². The van der Waals surface area contributed by atoms with Gasteiger partial charge in [-0.05, 0) is 42.8 Å². The van der Waals surface area contributed by atoms with E-state index in [0.29, 0.717) is 6.04 Å². The van der Waals surface area contributed by atoms with Crippen molar-refractivity contribution in [3.63, 3.8) is 0 Å². The van der Waals surface area contributed by atoms with Gasteiger partial charge in [0.05, 0.1) is 14.2 Å². The first kappa shape index (κ1) is 13.6. The molecule has 1 aliphatic heterocycles. The Hall–Kier alpha value is -0.870. The van der Waals surface area contributed by atoms with Gasteiger partial charge in [0.2, 0.25) is 0 Å². The van der Waals surface area contributed by atoms with Crippen molar-refractivity contribution in [3.8, 4) is 11.5 Å². The van der Waals surface area contributed by atoms with Gasteiger partial charge in [-0.2, -0.15) is 11.8 Å². The summed E-state index contributed by atoms with van der Waals surface area (Å²) in [6.07, 6.45) is 2.33. The van der Waals surface area contributed by atoms with E-state index in [9.17, 15) is 0 Å². The predicted molar refractivity (Wildman–Crippen MR) is 77.0 cm³/mol. The van der Waals surface area contributed by atoms with Crippen LogP contribution in [0.15, 0.2) is 18.2 Å². The summed E-state index contributed by atoms with van der Waals surface area (Å²) >= 11 is 2.04. The van der Waals surface area contributed by atoms with Gasteiger partial charge in [0, 0.05) is 11.8 Å². The molecule has 3 nitrogen and oxygen atoms in total. The summed E-state index contributed by atoms with van der Waals surface area (Å²) in [5, 5.41) is 3.60. The molecule has 1 N–H and O–H groups in total. The average molecular weight is 267 g/mol. The van der Waals surface area contributed by atoms with E-state index in [1.165, 1.54) is 23.5 Å². The molecule has 1 heterocycles. The molecule has 1 fully saturated rings. The lowest BCUT2D eigenvalue weighted by molar-refractivity contribution is 0.354. The fourth-order valence-corrected chi connectivity index (χ4v) is 3.34. The highest BCUT2D eigenvalue weighted by molar-refractivity contribution is 7.99. The van der Waals surface area contributed by atoms with Crippen LogP contribution >= 0.6 is 11.8 Å². The van der Waals surface area contributed by atoms with Crippen LogP contribution in [0.1, 0.15) is 12.0 Å². The smallest absolute Gasteiger partial charge is 0.160 e. The molecule has 1 aromatic carbocycles. The van der Waals surface area contributed by atoms with E-state index in [4.69, 9.17) is 9.47 Å². The lowest BCUT2D eigenvalue weighted by atomic mass is 10.1. The van der Waals surface area contributed by atoms with Crippen molar-refractivity contribution in [2.75, 3.05) is 32.3 Å². The van der Waals surface area contributed by atoms with Crippen LogP contribution in [0, 0.1) is 0 Å². The molecule has 1 saturated heterocycles. The number of nitrogens with one attached hydrogen (secondary N) is 1. The molecule has 0 unspecified atom stereocenters. The molecule has 1 aromatic rings. The van der Waals surface area contributed by atoms with E-state index in [1.807, 2.05) is 17.8 Å². The summed E-state index contributed by atoms with van der Waals surface area (Å²) in [7, 11) is 3.34. The molecule has 100 valence electrons. The number of hydrogen-bond donors (Lipinski definition) is 1. The van der Waals surface area contributed by atoms with Crippen molar-refractivity contribution >= 4 is 11.8 Å². The third kappa shape index (κ3) is 3.56. The molecule has 0 saturated carbocycles. The maximum absolute atomic E-state index is 5.31. The van der Waals surface area contributed by atoms with Crippen LogP contribution in [0.2, 0.25) is 0 Å². The summed E-state index contributed by atoms with van der Waals surface area (Å²) < 4.78 is 10.5. The molecule has 0 aliphatic carbocycles. The summed E-state index contributed by atoms with van der Waals surface area (Å²) in [6, 6.07) is 6.84. The summed E-state index contributed by atoms with van der Waals surface area (Å²) in [4.78, 5) is 0. The molecular formula is C14H21NO2S. The third-order valence-electron chi connectivity index (χ3n) is 3.22. The molecule has 0 aromatic heterocycles. The van der Waals surface area contributed by atoms with Crippen LogP contribution in [-0.4, -0.2) is 38.3 Å². The second kappa shape index (κ2) is 6.90. The van der Waals surface area contributed by atoms with Gasteiger partial charge in [0.25, 0.3) is 0 Å². The summed E-state index contributed by atoms with van der Waals surface area (Å²) in [5.74, 6) is 4.16. The maximum atomic E-state index is 5.31. The van der Waals surface area contributed by atoms with E-state index in [2.05, 4.69) is 17.4 Å². The van der Waals surface area contributed by atoms with Gasteiger partial charge in [0.15, 0.2) is 11.5 Å². The van der Waals surface area contributed by atoms with Crippen LogP contribution in [0.4, 0.5) is 0 Å². The highest BCUT2D eigenvalue weighted by atomic mass is 32.2. The Kier molecular flexibility index (Phi) is 5.20. The highest BCUT2D eigenvalue weighted by Gasteiger charge is 2.14. The van der Waals surface area contributed by atoms with E-state index in [1.54, 1.807) is 14.2 Å². The number of thioether (sulfide) groups is 1. The Labute approximate surface area is 113 Å². The van der Waals surface area contributed by atoms with E-state index in [-0.39, 0.29) is 0 Å². The minimum Gasteiger partial charge on any atom is -0.493 e. The summed E-state index contributed by atoms with van der Waals surface area (Å²) in [6.45, 7) is 1.03. The molecular weight excluding hydrogens is 246 g/mol. The molecule has 0 bridgehead atoms. The Morgan fingerprint density at radius 2 is 2.11 bits per heavy atom. The normalized spacial score (nSPS) is 18.9. The van der Waals surface area contributed by atoms with E-state index < -0.39 is 0 Å². The van der Waals surface area contributed by atoms with Crippen molar-refractivity contribution in [1.82, 2.24) is 5.32 Å². The monoisotopic (exact) mass is 267 g/mol. The highest BCUT2D eigenvalue weighted by Crippen LogP contribution is 2.27. The molecule has 18 heavy (non-hydrogen) atoms. The second-order valence-electron chi connectivity index (χ2n) is 4.45. The SMILES string of the molecule is COc1ccc(CCN[C@@H]2CCSC2)cc1OC. The van der Waals surface area contributed by atoms with Crippen LogP contribution in [0.25, 0.3) is 0 Å².